The van der Waals surface area contributed by atoms with Crippen LogP contribution in [0, 0.1) is 23.2 Å². The number of fused-ring (bicyclic) bond motifs is 1. The number of hydrogen-bond donors (Lipinski definition) is 0. The lowest BCUT2D eigenvalue weighted by Gasteiger charge is -2.23. The van der Waals surface area contributed by atoms with Gasteiger partial charge in [-0.1, -0.05) is 20.8 Å². The van der Waals surface area contributed by atoms with Crippen LogP contribution >= 0.6 is 0 Å². The quantitative estimate of drug-likeness (QED) is 0.539. The summed E-state index contributed by atoms with van der Waals surface area (Å²) in [5.74, 6) is 3.43. The summed E-state index contributed by atoms with van der Waals surface area (Å²) in [7, 11) is 0. The minimum Gasteiger partial charge on any atom is -0.0602 e. The van der Waals surface area contributed by atoms with Crippen LogP contribution in [-0.2, 0) is 0 Å². The minimum atomic E-state index is 0.572. The van der Waals surface area contributed by atoms with Gasteiger partial charge in [0.15, 0.2) is 0 Å². The van der Waals surface area contributed by atoms with Crippen LogP contribution in [0.3, 0.4) is 0 Å². The Hall–Kier alpha value is 0. The van der Waals surface area contributed by atoms with Gasteiger partial charge in [-0.2, -0.15) is 0 Å². The van der Waals surface area contributed by atoms with Gasteiger partial charge in [0.25, 0.3) is 0 Å². The fourth-order valence-electron chi connectivity index (χ4n) is 2.86. The van der Waals surface area contributed by atoms with E-state index >= 15 is 0 Å². The molecule has 0 aromatic rings. The molecular weight excluding hydrogens is 132 g/mol. The van der Waals surface area contributed by atoms with E-state index in [1.54, 1.807) is 12.8 Å². The Morgan fingerprint density at radius 2 is 1.91 bits per heavy atom. The fraction of sp³-hybridized carbons (Fsp3) is 1.00. The molecule has 2 saturated carbocycles. The molecule has 0 amide bonds. The summed E-state index contributed by atoms with van der Waals surface area (Å²) in [5, 5.41) is 0. The first-order valence-electron chi connectivity index (χ1n) is 5.06. The van der Waals surface area contributed by atoms with Gasteiger partial charge in [-0.15, -0.1) is 0 Å². The minimum absolute atomic E-state index is 0.572. The maximum absolute atomic E-state index is 2.38. The van der Waals surface area contributed by atoms with Crippen molar-refractivity contribution in [3.8, 4) is 0 Å². The summed E-state index contributed by atoms with van der Waals surface area (Å²) in [6.07, 6.45) is 6.12. The molecular formula is C11H20. The highest BCUT2D eigenvalue weighted by Gasteiger charge is 2.48. The average molecular weight is 152 g/mol. The lowest BCUT2D eigenvalue weighted by Crippen LogP contribution is -2.12. The van der Waals surface area contributed by atoms with Crippen LogP contribution in [0.15, 0.2) is 0 Å². The smallest absolute Gasteiger partial charge is 0.0354 e. The SMILES string of the molecule is CC(C)(C)CC1CCC2CC21. The zero-order valence-corrected chi connectivity index (χ0v) is 8.06. The van der Waals surface area contributed by atoms with Crippen molar-refractivity contribution in [2.45, 2.75) is 46.5 Å². The lowest BCUT2D eigenvalue weighted by atomic mass is 9.82. The molecule has 0 nitrogen and oxygen atoms in total. The van der Waals surface area contributed by atoms with E-state index in [-0.39, 0.29) is 0 Å². The van der Waals surface area contributed by atoms with E-state index < -0.39 is 0 Å². The van der Waals surface area contributed by atoms with Gasteiger partial charge >= 0.3 is 0 Å². The highest BCUT2D eigenvalue weighted by atomic mass is 14.5. The van der Waals surface area contributed by atoms with Crippen molar-refractivity contribution in [3.63, 3.8) is 0 Å². The first-order chi connectivity index (χ1) is 5.06. The van der Waals surface area contributed by atoms with Gasteiger partial charge in [0.05, 0.1) is 0 Å². The first kappa shape index (κ1) is 7.64. The highest BCUT2D eigenvalue weighted by molar-refractivity contribution is 4.98. The van der Waals surface area contributed by atoms with Crippen LogP contribution in [0.1, 0.15) is 46.5 Å². The number of hydrogen-bond acceptors (Lipinski definition) is 0. The van der Waals surface area contributed by atoms with Crippen molar-refractivity contribution >= 4 is 0 Å². The third-order valence-electron chi connectivity index (χ3n) is 3.37. The van der Waals surface area contributed by atoms with E-state index in [9.17, 15) is 0 Å². The highest BCUT2D eigenvalue weighted by Crippen LogP contribution is 2.57. The normalized spacial score (nSPS) is 42.3. The van der Waals surface area contributed by atoms with E-state index in [1.807, 2.05) is 0 Å². The Kier molecular flexibility index (Phi) is 1.56. The van der Waals surface area contributed by atoms with E-state index in [4.69, 9.17) is 0 Å². The van der Waals surface area contributed by atoms with Gasteiger partial charge in [0.1, 0.15) is 0 Å². The van der Waals surface area contributed by atoms with E-state index in [1.165, 1.54) is 18.8 Å². The third-order valence-corrected chi connectivity index (χ3v) is 3.37. The van der Waals surface area contributed by atoms with Gasteiger partial charge in [-0.05, 0) is 48.9 Å². The van der Waals surface area contributed by atoms with Crippen LogP contribution in [0.4, 0.5) is 0 Å². The summed E-state index contributed by atoms with van der Waals surface area (Å²) in [4.78, 5) is 0. The molecule has 2 aliphatic carbocycles. The topological polar surface area (TPSA) is 0 Å². The molecule has 0 radical (unpaired) electrons. The van der Waals surface area contributed by atoms with E-state index in [0.29, 0.717) is 5.41 Å². The Labute approximate surface area is 70.4 Å². The second-order valence-electron chi connectivity index (χ2n) is 5.76. The van der Waals surface area contributed by atoms with Gasteiger partial charge < -0.3 is 0 Å². The molecule has 0 saturated heterocycles. The van der Waals surface area contributed by atoms with Crippen LogP contribution in [0.5, 0.6) is 0 Å². The van der Waals surface area contributed by atoms with Gasteiger partial charge in [-0.3, -0.25) is 0 Å². The summed E-state index contributed by atoms with van der Waals surface area (Å²) in [5.41, 5.74) is 0.572. The maximum atomic E-state index is 2.38. The van der Waals surface area contributed by atoms with Crippen molar-refractivity contribution < 1.29 is 0 Å². The van der Waals surface area contributed by atoms with Crippen LogP contribution < -0.4 is 0 Å². The monoisotopic (exact) mass is 152 g/mol. The largest absolute Gasteiger partial charge is 0.0602 e. The van der Waals surface area contributed by atoms with E-state index in [2.05, 4.69) is 20.8 Å². The molecule has 0 aliphatic heterocycles. The predicted molar refractivity (Wildman–Crippen MR) is 48.4 cm³/mol. The molecule has 2 aliphatic rings. The fourth-order valence-corrected chi connectivity index (χ4v) is 2.86. The van der Waals surface area contributed by atoms with Crippen LogP contribution in [-0.4, -0.2) is 0 Å². The molecule has 0 aromatic heterocycles. The standard InChI is InChI=1S/C11H20/c1-11(2,3)7-9-5-4-8-6-10(8)9/h8-10H,4-7H2,1-3H3. The average Bonchev–Trinajstić information content (AvgIpc) is 2.50. The Morgan fingerprint density at radius 1 is 1.18 bits per heavy atom. The summed E-state index contributed by atoms with van der Waals surface area (Å²) in [6, 6.07) is 0. The molecule has 0 N–H and O–H groups in total. The van der Waals surface area contributed by atoms with Gasteiger partial charge in [0.2, 0.25) is 0 Å². The molecule has 11 heavy (non-hydrogen) atoms. The van der Waals surface area contributed by atoms with Gasteiger partial charge in [0, 0.05) is 0 Å². The number of rotatable bonds is 1. The molecule has 64 valence electrons. The Balaban J connectivity index is 1.87. The summed E-state index contributed by atoms with van der Waals surface area (Å²) in [6.45, 7) is 7.13. The van der Waals surface area contributed by atoms with E-state index in [0.717, 1.165) is 11.8 Å². The zero-order chi connectivity index (χ0) is 8.06. The molecule has 0 aromatic carbocycles. The van der Waals surface area contributed by atoms with Crippen LogP contribution in [0.25, 0.3) is 0 Å². The molecule has 2 fully saturated rings. The van der Waals surface area contributed by atoms with Crippen molar-refractivity contribution in [2.75, 3.05) is 0 Å². The summed E-state index contributed by atoms with van der Waals surface area (Å²) >= 11 is 0. The van der Waals surface area contributed by atoms with Crippen molar-refractivity contribution in [1.82, 2.24) is 0 Å². The second kappa shape index (κ2) is 2.24. The third kappa shape index (κ3) is 1.60. The molecule has 3 atom stereocenters. The summed E-state index contributed by atoms with van der Waals surface area (Å²) < 4.78 is 0. The lowest BCUT2D eigenvalue weighted by molar-refractivity contribution is 0.277. The van der Waals surface area contributed by atoms with Crippen molar-refractivity contribution in [2.24, 2.45) is 23.2 Å². The van der Waals surface area contributed by atoms with Gasteiger partial charge in [-0.25, -0.2) is 0 Å². The molecule has 0 bridgehead atoms. The molecule has 0 heteroatoms. The Morgan fingerprint density at radius 3 is 2.27 bits per heavy atom. The molecule has 3 unspecified atom stereocenters. The zero-order valence-electron chi connectivity index (χ0n) is 8.06. The predicted octanol–water partition coefficient (Wildman–Crippen LogP) is 3.47. The molecule has 2 rings (SSSR count). The maximum Gasteiger partial charge on any atom is -0.0354 e. The Bertz CT molecular complexity index is 152. The van der Waals surface area contributed by atoms with Crippen molar-refractivity contribution in [3.05, 3.63) is 0 Å². The second-order valence-corrected chi connectivity index (χ2v) is 5.76. The van der Waals surface area contributed by atoms with Crippen molar-refractivity contribution in [1.29, 1.82) is 0 Å². The van der Waals surface area contributed by atoms with Crippen LogP contribution in [0.2, 0.25) is 0 Å². The molecule has 0 heterocycles. The first-order valence-corrected chi connectivity index (χ1v) is 5.06. The molecule has 0 spiro atoms.